The van der Waals surface area contributed by atoms with E-state index in [1.54, 1.807) is 24.3 Å². The summed E-state index contributed by atoms with van der Waals surface area (Å²) in [6.07, 6.45) is 2.24. The van der Waals surface area contributed by atoms with Crippen LogP contribution in [0.5, 0.6) is 5.75 Å². The van der Waals surface area contributed by atoms with Gasteiger partial charge in [0.1, 0.15) is 11.8 Å². The minimum Gasteiger partial charge on any atom is -0.497 e. The van der Waals surface area contributed by atoms with Crippen LogP contribution >= 0.6 is 0 Å². The van der Waals surface area contributed by atoms with Crippen LogP contribution in [-0.4, -0.2) is 47.0 Å². The Morgan fingerprint density at radius 3 is 2.60 bits per heavy atom. The third-order valence-electron chi connectivity index (χ3n) is 5.03. The Bertz CT molecular complexity index is 1020. The summed E-state index contributed by atoms with van der Waals surface area (Å²) < 4.78 is 32.3. The number of benzene rings is 2. The molecule has 2 aromatic carbocycles. The summed E-state index contributed by atoms with van der Waals surface area (Å²) in [5, 5.41) is 5.47. The molecule has 0 spiro atoms. The van der Waals surface area contributed by atoms with Crippen LogP contribution in [0, 0.1) is 0 Å². The average Bonchev–Trinajstić information content (AvgIpc) is 2.97. The lowest BCUT2D eigenvalue weighted by Crippen LogP contribution is -2.45. The van der Waals surface area contributed by atoms with Gasteiger partial charge in [-0.3, -0.25) is 13.9 Å². The summed E-state index contributed by atoms with van der Waals surface area (Å²) in [6, 6.07) is 11.8. The van der Waals surface area contributed by atoms with Gasteiger partial charge in [0.15, 0.2) is 0 Å². The second-order valence-electron chi connectivity index (χ2n) is 7.01. The van der Waals surface area contributed by atoms with Gasteiger partial charge in [0, 0.05) is 19.2 Å². The largest absolute Gasteiger partial charge is 0.497 e. The fourth-order valence-corrected chi connectivity index (χ4v) is 4.45. The predicted molar refractivity (Wildman–Crippen MR) is 113 cm³/mol. The third kappa shape index (κ3) is 4.73. The zero-order chi connectivity index (χ0) is 21.7. The van der Waals surface area contributed by atoms with Crippen LogP contribution < -0.4 is 19.7 Å². The highest BCUT2D eigenvalue weighted by Crippen LogP contribution is 2.24. The minimum atomic E-state index is -3.88. The van der Waals surface area contributed by atoms with Gasteiger partial charge < -0.3 is 15.4 Å². The highest BCUT2D eigenvalue weighted by Gasteiger charge is 2.25. The molecular formula is C21H25N3O5S. The van der Waals surface area contributed by atoms with Gasteiger partial charge in [-0.2, -0.15) is 0 Å². The Balaban J connectivity index is 1.80. The number of nitrogens with zero attached hydrogens (tertiary/aromatic N) is 1. The number of amides is 2. The maximum atomic E-state index is 13.0. The van der Waals surface area contributed by atoms with E-state index >= 15 is 0 Å². The molecule has 2 aromatic rings. The number of rotatable bonds is 6. The van der Waals surface area contributed by atoms with Gasteiger partial charge in [0.2, 0.25) is 5.91 Å². The van der Waals surface area contributed by atoms with Crippen molar-refractivity contribution < 1.29 is 22.7 Å². The Labute approximate surface area is 176 Å². The second-order valence-corrected chi connectivity index (χ2v) is 8.98. The van der Waals surface area contributed by atoms with Crippen LogP contribution in [-0.2, 0) is 14.8 Å². The zero-order valence-corrected chi connectivity index (χ0v) is 17.7. The highest BCUT2D eigenvalue weighted by molar-refractivity contribution is 7.92. The van der Waals surface area contributed by atoms with Crippen LogP contribution in [0.1, 0.15) is 29.6 Å². The fourth-order valence-electron chi connectivity index (χ4n) is 3.21. The molecule has 160 valence electrons. The summed E-state index contributed by atoms with van der Waals surface area (Å²) in [6.45, 7) is 0.594. The summed E-state index contributed by atoms with van der Waals surface area (Å²) in [5.74, 6) is -0.0872. The molecule has 0 bridgehead atoms. The number of methoxy groups -OCH3 is 1. The fraction of sp³-hybridized carbons (Fsp3) is 0.333. The predicted octanol–water partition coefficient (Wildman–Crippen LogP) is 1.92. The SMILES string of the molecule is COc1ccc(N(C)S(=O)(=O)c2cccc(C(=O)NC3CCCCNC3=O)c2)cc1. The van der Waals surface area contributed by atoms with Gasteiger partial charge in [-0.05, 0) is 61.7 Å². The van der Waals surface area contributed by atoms with E-state index in [0.717, 1.165) is 17.1 Å². The van der Waals surface area contributed by atoms with Crippen molar-refractivity contribution in [3.05, 3.63) is 54.1 Å². The van der Waals surface area contributed by atoms with E-state index in [9.17, 15) is 18.0 Å². The molecule has 1 aliphatic rings. The highest BCUT2D eigenvalue weighted by atomic mass is 32.2. The first-order valence-corrected chi connectivity index (χ1v) is 11.1. The molecule has 2 amide bonds. The molecule has 0 aromatic heterocycles. The van der Waals surface area contributed by atoms with E-state index in [4.69, 9.17) is 4.74 Å². The summed E-state index contributed by atoms with van der Waals surface area (Å²) >= 11 is 0. The van der Waals surface area contributed by atoms with Crippen molar-refractivity contribution in [2.24, 2.45) is 0 Å². The van der Waals surface area contributed by atoms with Crippen molar-refractivity contribution in [1.29, 1.82) is 0 Å². The number of sulfonamides is 1. The number of ether oxygens (including phenoxy) is 1. The Morgan fingerprint density at radius 1 is 1.17 bits per heavy atom. The first-order valence-electron chi connectivity index (χ1n) is 9.64. The molecule has 0 saturated carbocycles. The van der Waals surface area contributed by atoms with Gasteiger partial charge in [-0.15, -0.1) is 0 Å². The van der Waals surface area contributed by atoms with E-state index < -0.39 is 22.0 Å². The number of anilines is 1. The second kappa shape index (κ2) is 9.17. The van der Waals surface area contributed by atoms with Gasteiger partial charge in [-0.1, -0.05) is 6.07 Å². The number of carbonyl (C=O) groups is 2. The number of hydrogen-bond donors (Lipinski definition) is 2. The van der Waals surface area contributed by atoms with Crippen LogP contribution in [0.4, 0.5) is 5.69 Å². The maximum absolute atomic E-state index is 13.0. The molecule has 1 atom stereocenters. The normalized spacial score (nSPS) is 16.9. The smallest absolute Gasteiger partial charge is 0.264 e. The lowest BCUT2D eigenvalue weighted by atomic mass is 10.1. The van der Waals surface area contributed by atoms with Gasteiger partial charge >= 0.3 is 0 Å². The van der Waals surface area contributed by atoms with Crippen LogP contribution in [0.3, 0.4) is 0 Å². The van der Waals surface area contributed by atoms with Gasteiger partial charge in [0.25, 0.3) is 15.9 Å². The molecule has 2 N–H and O–H groups in total. The Hall–Kier alpha value is -3.07. The number of nitrogens with one attached hydrogen (secondary N) is 2. The molecule has 0 radical (unpaired) electrons. The van der Waals surface area contributed by atoms with E-state index in [1.165, 1.54) is 38.4 Å². The van der Waals surface area contributed by atoms with E-state index in [2.05, 4.69) is 10.6 Å². The molecular weight excluding hydrogens is 406 g/mol. The lowest BCUT2D eigenvalue weighted by Gasteiger charge is -2.20. The van der Waals surface area contributed by atoms with Crippen molar-refractivity contribution in [1.82, 2.24) is 10.6 Å². The summed E-state index contributed by atoms with van der Waals surface area (Å²) in [7, 11) is -0.907. The molecule has 3 rings (SSSR count). The lowest BCUT2D eigenvalue weighted by molar-refractivity contribution is -0.122. The molecule has 1 aliphatic heterocycles. The van der Waals surface area contributed by atoms with E-state index in [1.807, 2.05) is 0 Å². The number of carbonyl (C=O) groups excluding carboxylic acids is 2. The van der Waals surface area contributed by atoms with Crippen LogP contribution in [0.2, 0.25) is 0 Å². The zero-order valence-electron chi connectivity index (χ0n) is 16.9. The topological polar surface area (TPSA) is 105 Å². The van der Waals surface area contributed by atoms with Crippen molar-refractivity contribution in [3.8, 4) is 5.75 Å². The van der Waals surface area contributed by atoms with Gasteiger partial charge in [-0.25, -0.2) is 8.42 Å². The molecule has 9 heteroatoms. The molecule has 0 aliphatic carbocycles. The van der Waals surface area contributed by atoms with Crippen LogP contribution in [0.25, 0.3) is 0 Å². The van der Waals surface area contributed by atoms with Crippen LogP contribution in [0.15, 0.2) is 53.4 Å². The first kappa shape index (κ1) is 21.6. The quantitative estimate of drug-likeness (QED) is 0.727. The minimum absolute atomic E-state index is 0.0150. The van der Waals surface area contributed by atoms with Crippen molar-refractivity contribution >= 4 is 27.5 Å². The molecule has 1 saturated heterocycles. The van der Waals surface area contributed by atoms with E-state index in [-0.39, 0.29) is 16.4 Å². The summed E-state index contributed by atoms with van der Waals surface area (Å²) in [5.41, 5.74) is 0.636. The Kier molecular flexibility index (Phi) is 6.61. The number of hydrogen-bond acceptors (Lipinski definition) is 5. The summed E-state index contributed by atoms with van der Waals surface area (Å²) in [4.78, 5) is 24.7. The van der Waals surface area contributed by atoms with Crippen molar-refractivity contribution in [2.75, 3.05) is 25.0 Å². The maximum Gasteiger partial charge on any atom is 0.264 e. The molecule has 8 nitrogen and oxygen atoms in total. The molecule has 1 heterocycles. The molecule has 1 fully saturated rings. The molecule has 1 unspecified atom stereocenters. The molecule has 30 heavy (non-hydrogen) atoms. The van der Waals surface area contributed by atoms with E-state index in [0.29, 0.717) is 24.4 Å². The van der Waals surface area contributed by atoms with Gasteiger partial charge in [0.05, 0.1) is 17.7 Å². The van der Waals surface area contributed by atoms with Crippen molar-refractivity contribution in [3.63, 3.8) is 0 Å². The third-order valence-corrected chi connectivity index (χ3v) is 6.81. The average molecular weight is 432 g/mol. The standard InChI is InChI=1S/C21H25N3O5S/c1-24(16-9-11-17(29-2)12-10-16)30(27,28)18-7-5-6-15(14-18)20(25)23-19-8-3-4-13-22-21(19)26/h5-7,9-12,14,19H,3-4,8,13H2,1-2H3,(H,22,26)(H,23,25). The van der Waals surface area contributed by atoms with Crippen molar-refractivity contribution in [2.45, 2.75) is 30.2 Å². The first-order chi connectivity index (χ1) is 14.3. The monoisotopic (exact) mass is 431 g/mol. The Morgan fingerprint density at radius 2 is 1.90 bits per heavy atom.